The van der Waals surface area contributed by atoms with E-state index < -0.39 is 24.1 Å². The monoisotopic (exact) mass is 316 g/mol. The highest BCUT2D eigenvalue weighted by Gasteiger charge is 2.13. The summed E-state index contributed by atoms with van der Waals surface area (Å²) in [6, 6.07) is 4.50. The van der Waals surface area contributed by atoms with Crippen LogP contribution < -0.4 is 10.1 Å². The van der Waals surface area contributed by atoms with Gasteiger partial charge in [0.15, 0.2) is 11.6 Å². The summed E-state index contributed by atoms with van der Waals surface area (Å²) in [6.45, 7) is -3.13. The smallest absolute Gasteiger partial charge is 0.387 e. The average Bonchev–Trinajstić information content (AvgIpc) is 2.42. The first-order chi connectivity index (χ1) is 9.97. The van der Waals surface area contributed by atoms with Gasteiger partial charge < -0.3 is 10.1 Å². The Labute approximate surface area is 122 Å². The summed E-state index contributed by atoms with van der Waals surface area (Å²) < 4.78 is 41.4. The van der Waals surface area contributed by atoms with Crippen molar-refractivity contribution in [3.05, 3.63) is 53.1 Å². The topological polar surface area (TPSA) is 51.2 Å². The fraction of sp³-hybridized carbons (Fsp3) is 0.0769. The molecule has 0 bridgehead atoms. The molecule has 0 spiro atoms. The molecule has 110 valence electrons. The summed E-state index contributed by atoms with van der Waals surface area (Å²) in [6.07, 6.45) is 2.66. The van der Waals surface area contributed by atoms with Crippen molar-refractivity contribution in [2.24, 2.45) is 0 Å². The summed E-state index contributed by atoms with van der Waals surface area (Å²) >= 11 is 5.82. The number of pyridine rings is 1. The lowest BCUT2D eigenvalue weighted by molar-refractivity contribution is -0.0521. The van der Waals surface area contributed by atoms with Crippen LogP contribution in [0.4, 0.5) is 18.9 Å². The molecule has 4 nitrogen and oxygen atoms in total. The van der Waals surface area contributed by atoms with Gasteiger partial charge in [-0.15, -0.1) is 0 Å². The first-order valence-corrected chi connectivity index (χ1v) is 6.00. The van der Waals surface area contributed by atoms with Crippen LogP contribution in [0.1, 0.15) is 10.4 Å². The van der Waals surface area contributed by atoms with Gasteiger partial charge in [-0.2, -0.15) is 8.78 Å². The Bertz CT molecular complexity index is 668. The van der Waals surface area contributed by atoms with Crippen LogP contribution in [-0.4, -0.2) is 17.5 Å². The molecule has 1 amide bonds. The van der Waals surface area contributed by atoms with Crippen molar-refractivity contribution < 1.29 is 22.7 Å². The third-order valence-corrected chi connectivity index (χ3v) is 2.75. The maximum Gasteiger partial charge on any atom is 0.387 e. The Balaban J connectivity index is 2.15. The van der Waals surface area contributed by atoms with Gasteiger partial charge in [-0.1, -0.05) is 11.6 Å². The van der Waals surface area contributed by atoms with E-state index in [0.717, 1.165) is 12.1 Å². The van der Waals surface area contributed by atoms with Gasteiger partial charge in [0, 0.05) is 24.1 Å². The molecule has 0 aliphatic carbocycles. The molecule has 0 aliphatic rings. The molecule has 2 aromatic rings. The summed E-state index contributed by atoms with van der Waals surface area (Å²) in [5, 5.41) is 2.56. The fourth-order valence-corrected chi connectivity index (χ4v) is 1.70. The van der Waals surface area contributed by atoms with Crippen molar-refractivity contribution in [3.63, 3.8) is 0 Å². The maximum atomic E-state index is 13.5. The van der Waals surface area contributed by atoms with Crippen LogP contribution >= 0.6 is 11.6 Å². The van der Waals surface area contributed by atoms with Crippen LogP contribution in [0.2, 0.25) is 5.02 Å². The van der Waals surface area contributed by atoms with Crippen LogP contribution in [0.3, 0.4) is 0 Å². The molecule has 2 rings (SSSR count). The molecule has 0 fully saturated rings. The predicted octanol–water partition coefficient (Wildman–Crippen LogP) is 3.73. The number of halogens is 4. The highest BCUT2D eigenvalue weighted by molar-refractivity contribution is 6.34. The summed E-state index contributed by atoms with van der Waals surface area (Å²) in [5.41, 5.74) is 0.173. The number of nitrogens with zero attached hydrogens (tertiary/aromatic N) is 1. The Morgan fingerprint density at radius 2 is 2.10 bits per heavy atom. The highest BCUT2D eigenvalue weighted by Crippen LogP contribution is 2.23. The first kappa shape index (κ1) is 15.1. The lowest BCUT2D eigenvalue weighted by Crippen LogP contribution is -2.13. The molecule has 1 N–H and O–H groups in total. The van der Waals surface area contributed by atoms with E-state index in [-0.39, 0.29) is 16.3 Å². The molecule has 0 atom stereocenters. The van der Waals surface area contributed by atoms with Gasteiger partial charge in [-0.05, 0) is 18.2 Å². The van der Waals surface area contributed by atoms with Crippen LogP contribution in [0.5, 0.6) is 5.75 Å². The second kappa shape index (κ2) is 6.45. The second-order valence-corrected chi connectivity index (χ2v) is 4.24. The number of hydrogen-bond donors (Lipinski definition) is 1. The van der Waals surface area contributed by atoms with Gasteiger partial charge in [-0.25, -0.2) is 4.39 Å². The number of rotatable bonds is 4. The van der Waals surface area contributed by atoms with Gasteiger partial charge in [0.1, 0.15) is 0 Å². The van der Waals surface area contributed by atoms with E-state index in [0.29, 0.717) is 0 Å². The van der Waals surface area contributed by atoms with Crippen LogP contribution in [0, 0.1) is 5.82 Å². The van der Waals surface area contributed by atoms with E-state index in [9.17, 15) is 18.0 Å². The van der Waals surface area contributed by atoms with E-state index in [1.165, 1.54) is 24.5 Å². The van der Waals surface area contributed by atoms with Gasteiger partial charge in [0.05, 0.1) is 10.6 Å². The molecule has 0 aliphatic heterocycles. The molecule has 0 radical (unpaired) electrons. The molecule has 0 unspecified atom stereocenters. The lowest BCUT2D eigenvalue weighted by Gasteiger charge is -2.09. The minimum atomic E-state index is -3.13. The molecule has 0 saturated carbocycles. The van der Waals surface area contributed by atoms with E-state index in [1.54, 1.807) is 0 Å². The van der Waals surface area contributed by atoms with Crippen molar-refractivity contribution >= 4 is 23.2 Å². The third kappa shape index (κ3) is 3.85. The van der Waals surface area contributed by atoms with Crippen molar-refractivity contribution in [1.29, 1.82) is 0 Å². The quantitative estimate of drug-likeness (QED) is 0.935. The van der Waals surface area contributed by atoms with Crippen LogP contribution in [0.25, 0.3) is 0 Å². The zero-order chi connectivity index (χ0) is 15.4. The Kier molecular flexibility index (Phi) is 4.64. The van der Waals surface area contributed by atoms with E-state index >= 15 is 0 Å². The molecular formula is C13H8ClF3N2O2. The minimum Gasteiger partial charge on any atom is -0.432 e. The highest BCUT2D eigenvalue weighted by atomic mass is 35.5. The standard InChI is InChI=1S/C13H8ClF3N2O2/c14-9-3-4-18-6-8(9)12(20)19-7-1-2-11(10(15)5-7)21-13(16)17/h1-6,13H,(H,19,20). The number of carbonyl (C=O) groups is 1. The van der Waals surface area contributed by atoms with Gasteiger partial charge in [0.25, 0.3) is 5.91 Å². The molecule has 1 heterocycles. The lowest BCUT2D eigenvalue weighted by atomic mass is 10.2. The van der Waals surface area contributed by atoms with E-state index in [4.69, 9.17) is 11.6 Å². The number of carbonyl (C=O) groups excluding carboxylic acids is 1. The fourth-order valence-electron chi connectivity index (χ4n) is 1.51. The van der Waals surface area contributed by atoms with Gasteiger partial charge in [-0.3, -0.25) is 9.78 Å². The predicted molar refractivity (Wildman–Crippen MR) is 70.2 cm³/mol. The Hall–Kier alpha value is -2.28. The normalized spacial score (nSPS) is 10.5. The Morgan fingerprint density at radius 1 is 1.33 bits per heavy atom. The number of hydrogen-bond acceptors (Lipinski definition) is 3. The number of nitrogens with one attached hydrogen (secondary N) is 1. The first-order valence-electron chi connectivity index (χ1n) is 5.62. The molecule has 8 heteroatoms. The molecule has 1 aromatic heterocycles. The maximum absolute atomic E-state index is 13.5. The average molecular weight is 317 g/mol. The SMILES string of the molecule is O=C(Nc1ccc(OC(F)F)c(F)c1)c1cnccc1Cl. The zero-order valence-electron chi connectivity index (χ0n) is 10.3. The van der Waals surface area contributed by atoms with Crippen molar-refractivity contribution in [2.45, 2.75) is 6.61 Å². The Morgan fingerprint density at radius 3 is 2.71 bits per heavy atom. The second-order valence-electron chi connectivity index (χ2n) is 3.83. The van der Waals surface area contributed by atoms with E-state index in [1.807, 2.05) is 0 Å². The third-order valence-electron chi connectivity index (χ3n) is 2.42. The zero-order valence-corrected chi connectivity index (χ0v) is 11.1. The van der Waals surface area contributed by atoms with Crippen molar-refractivity contribution in [1.82, 2.24) is 4.98 Å². The number of anilines is 1. The number of ether oxygens (including phenoxy) is 1. The number of amides is 1. The van der Waals surface area contributed by atoms with Gasteiger partial charge >= 0.3 is 6.61 Å². The van der Waals surface area contributed by atoms with Crippen molar-refractivity contribution in [3.8, 4) is 5.75 Å². The van der Waals surface area contributed by atoms with E-state index in [2.05, 4.69) is 15.0 Å². The van der Waals surface area contributed by atoms with Gasteiger partial charge in [0.2, 0.25) is 0 Å². The van der Waals surface area contributed by atoms with Crippen molar-refractivity contribution in [2.75, 3.05) is 5.32 Å². The minimum absolute atomic E-state index is 0.0686. The summed E-state index contributed by atoms with van der Waals surface area (Å²) in [5.74, 6) is -2.23. The van der Waals surface area contributed by atoms with Crippen LogP contribution in [-0.2, 0) is 0 Å². The summed E-state index contributed by atoms with van der Waals surface area (Å²) in [4.78, 5) is 15.6. The molecule has 21 heavy (non-hydrogen) atoms. The molecule has 0 saturated heterocycles. The number of alkyl halides is 2. The number of benzene rings is 1. The summed E-state index contributed by atoms with van der Waals surface area (Å²) in [7, 11) is 0. The molecule has 1 aromatic carbocycles. The van der Waals surface area contributed by atoms with Crippen LogP contribution in [0.15, 0.2) is 36.7 Å². The number of aromatic nitrogens is 1. The largest absolute Gasteiger partial charge is 0.432 e. The molecular weight excluding hydrogens is 309 g/mol.